The first-order valence-corrected chi connectivity index (χ1v) is 4.52. The van der Waals surface area contributed by atoms with E-state index in [4.69, 9.17) is 0 Å². The maximum absolute atomic E-state index is 11.7. The van der Waals surface area contributed by atoms with Crippen LogP contribution in [0.2, 0.25) is 0 Å². The molecule has 1 atom stereocenters. The molecule has 1 aromatic carbocycles. The Kier molecular flexibility index (Phi) is 3.74. The van der Waals surface area contributed by atoms with Crippen LogP contribution in [0.15, 0.2) is 42.5 Å². The monoisotopic (exact) mass is 205 g/mol. The minimum Gasteiger partial charge on any atom is -0.286 e. The second-order valence-electron chi connectivity index (χ2n) is 2.99. The fourth-order valence-corrected chi connectivity index (χ4v) is 1.21. The molecule has 0 N–H and O–H groups in total. The number of hydrogen-bond donors (Lipinski definition) is 0. The maximum atomic E-state index is 11.7. The molecule has 0 aromatic heterocycles. The summed E-state index contributed by atoms with van der Waals surface area (Å²) in [7, 11) is 0. The van der Waals surface area contributed by atoms with Crippen LogP contribution in [0.1, 0.15) is 17.3 Å². The van der Waals surface area contributed by atoms with E-state index < -0.39 is 16.7 Å². The van der Waals surface area contributed by atoms with Gasteiger partial charge in [-0.3, -0.25) is 14.9 Å². The third-order valence-electron chi connectivity index (χ3n) is 1.93. The topological polar surface area (TPSA) is 60.2 Å². The summed E-state index contributed by atoms with van der Waals surface area (Å²) in [5.41, 5.74) is 0.359. The lowest BCUT2D eigenvalue weighted by atomic mass is 10.0. The van der Waals surface area contributed by atoms with Gasteiger partial charge in [0.05, 0.1) is 0 Å². The molecule has 4 heteroatoms. The lowest BCUT2D eigenvalue weighted by molar-refractivity contribution is -0.492. The van der Waals surface area contributed by atoms with Gasteiger partial charge < -0.3 is 0 Å². The average Bonchev–Trinajstić information content (AvgIpc) is 2.26. The van der Waals surface area contributed by atoms with Crippen LogP contribution in [0.4, 0.5) is 0 Å². The quantitative estimate of drug-likeness (QED) is 0.327. The second kappa shape index (κ2) is 5.05. The predicted octanol–water partition coefficient (Wildman–Crippen LogP) is 2.09. The van der Waals surface area contributed by atoms with E-state index in [9.17, 15) is 14.9 Å². The van der Waals surface area contributed by atoms with Gasteiger partial charge >= 0.3 is 0 Å². The second-order valence-corrected chi connectivity index (χ2v) is 2.99. The van der Waals surface area contributed by atoms with Crippen LogP contribution in [-0.2, 0) is 0 Å². The van der Waals surface area contributed by atoms with E-state index in [0.717, 1.165) is 0 Å². The Labute approximate surface area is 87.4 Å². The molecule has 0 aliphatic carbocycles. The zero-order valence-electron chi connectivity index (χ0n) is 8.29. The van der Waals surface area contributed by atoms with Gasteiger partial charge in [-0.15, -0.1) is 0 Å². The van der Waals surface area contributed by atoms with Crippen molar-refractivity contribution in [2.45, 2.75) is 13.0 Å². The van der Waals surface area contributed by atoms with E-state index in [1.807, 2.05) is 0 Å². The average molecular weight is 205 g/mol. The fourth-order valence-electron chi connectivity index (χ4n) is 1.21. The van der Waals surface area contributed by atoms with Crippen molar-refractivity contribution in [3.8, 4) is 0 Å². The zero-order valence-corrected chi connectivity index (χ0v) is 8.29. The molecule has 0 bridgehead atoms. The summed E-state index contributed by atoms with van der Waals surface area (Å²) < 4.78 is 0. The summed E-state index contributed by atoms with van der Waals surface area (Å²) in [6.45, 7) is 1.65. The Morgan fingerprint density at radius 3 is 2.47 bits per heavy atom. The van der Waals surface area contributed by atoms with Gasteiger partial charge in [-0.2, -0.15) is 0 Å². The van der Waals surface area contributed by atoms with Crippen molar-refractivity contribution in [1.82, 2.24) is 0 Å². The van der Waals surface area contributed by atoms with Gasteiger partial charge in [0.25, 0.3) is 6.04 Å². The van der Waals surface area contributed by atoms with Crippen LogP contribution >= 0.6 is 0 Å². The van der Waals surface area contributed by atoms with Crippen molar-refractivity contribution >= 4 is 5.78 Å². The summed E-state index contributed by atoms with van der Waals surface area (Å²) in [6.07, 6.45) is 2.80. The molecule has 0 spiro atoms. The lowest BCUT2D eigenvalue weighted by Crippen LogP contribution is -2.27. The molecule has 0 saturated heterocycles. The van der Waals surface area contributed by atoms with Gasteiger partial charge in [-0.25, -0.2) is 0 Å². The van der Waals surface area contributed by atoms with E-state index in [-0.39, 0.29) is 0 Å². The highest BCUT2D eigenvalue weighted by molar-refractivity contribution is 6.00. The number of nitro groups is 1. The van der Waals surface area contributed by atoms with Crippen molar-refractivity contribution in [1.29, 1.82) is 0 Å². The number of allylic oxidation sites excluding steroid dienone is 1. The molecule has 0 aliphatic heterocycles. The molecule has 15 heavy (non-hydrogen) atoms. The van der Waals surface area contributed by atoms with Crippen LogP contribution in [0.3, 0.4) is 0 Å². The summed E-state index contributed by atoms with van der Waals surface area (Å²) in [4.78, 5) is 21.7. The number of carbonyl (C=O) groups is 1. The number of benzene rings is 1. The van der Waals surface area contributed by atoms with Crippen LogP contribution in [0.5, 0.6) is 0 Å². The summed E-state index contributed by atoms with van der Waals surface area (Å²) in [5.74, 6) is -0.487. The highest BCUT2D eigenvalue weighted by Gasteiger charge is 2.26. The van der Waals surface area contributed by atoms with E-state index in [2.05, 4.69) is 0 Å². The normalized spacial score (nSPS) is 12.6. The van der Waals surface area contributed by atoms with Crippen LogP contribution < -0.4 is 0 Å². The SMILES string of the molecule is C/C=C\C(C(=O)c1ccccc1)[N+](=O)[O-]. The molecule has 0 radical (unpaired) electrons. The Morgan fingerprint density at radius 2 is 2.00 bits per heavy atom. The minimum atomic E-state index is -1.28. The number of rotatable bonds is 4. The highest BCUT2D eigenvalue weighted by Crippen LogP contribution is 2.06. The van der Waals surface area contributed by atoms with E-state index in [1.165, 1.54) is 12.2 Å². The molecule has 0 saturated carbocycles. The summed E-state index contributed by atoms with van der Waals surface area (Å²) >= 11 is 0. The zero-order chi connectivity index (χ0) is 11.3. The largest absolute Gasteiger partial charge is 0.293 e. The maximum Gasteiger partial charge on any atom is 0.293 e. The highest BCUT2D eigenvalue weighted by atomic mass is 16.6. The predicted molar refractivity (Wildman–Crippen MR) is 56.4 cm³/mol. The van der Waals surface area contributed by atoms with Gasteiger partial charge in [0.15, 0.2) is 0 Å². The van der Waals surface area contributed by atoms with Gasteiger partial charge in [-0.1, -0.05) is 36.4 Å². The molecule has 0 amide bonds. The number of Topliss-reactive ketones (excluding diaryl/α,β-unsaturated/α-hetero) is 1. The standard InChI is InChI=1S/C11H11NO3/c1-2-6-10(12(14)15)11(13)9-7-4-3-5-8-9/h2-8,10H,1H3/b6-2-. The van der Waals surface area contributed by atoms with Gasteiger partial charge in [0.1, 0.15) is 0 Å². The molecule has 1 aromatic rings. The molecule has 1 unspecified atom stereocenters. The third kappa shape index (κ3) is 2.74. The fraction of sp³-hybridized carbons (Fsp3) is 0.182. The molecule has 4 nitrogen and oxygen atoms in total. The minimum absolute atomic E-state index is 0.359. The molecular formula is C11H11NO3. The van der Waals surface area contributed by atoms with E-state index in [1.54, 1.807) is 37.3 Å². The third-order valence-corrected chi connectivity index (χ3v) is 1.93. The summed E-state index contributed by atoms with van der Waals surface area (Å²) in [6, 6.07) is 6.98. The molecule has 0 aliphatic rings. The van der Waals surface area contributed by atoms with Crippen molar-refractivity contribution in [3.05, 3.63) is 58.2 Å². The number of hydrogen-bond acceptors (Lipinski definition) is 3. The Hall–Kier alpha value is -1.97. The van der Waals surface area contributed by atoms with Crippen LogP contribution in [0, 0.1) is 10.1 Å². The van der Waals surface area contributed by atoms with Crippen molar-refractivity contribution in [2.24, 2.45) is 0 Å². The smallest absolute Gasteiger partial charge is 0.286 e. The first kappa shape index (κ1) is 11.1. The molecule has 1 rings (SSSR count). The summed E-state index contributed by atoms with van der Waals surface area (Å²) in [5, 5.41) is 10.6. The molecule has 78 valence electrons. The van der Waals surface area contributed by atoms with Crippen molar-refractivity contribution in [3.63, 3.8) is 0 Å². The molecule has 0 heterocycles. The molecule has 0 fully saturated rings. The molecular weight excluding hydrogens is 194 g/mol. The van der Waals surface area contributed by atoms with Gasteiger partial charge in [0, 0.05) is 10.5 Å². The Morgan fingerprint density at radius 1 is 1.40 bits per heavy atom. The van der Waals surface area contributed by atoms with E-state index in [0.29, 0.717) is 5.56 Å². The number of ketones is 1. The first-order valence-electron chi connectivity index (χ1n) is 4.52. The van der Waals surface area contributed by atoms with Gasteiger partial charge in [0.2, 0.25) is 5.78 Å². The lowest BCUT2D eigenvalue weighted by Gasteiger charge is -2.03. The first-order chi connectivity index (χ1) is 7.16. The Balaban J connectivity index is 2.96. The number of nitrogens with zero attached hydrogens (tertiary/aromatic N) is 1. The van der Waals surface area contributed by atoms with Crippen LogP contribution in [0.25, 0.3) is 0 Å². The van der Waals surface area contributed by atoms with Crippen LogP contribution in [-0.4, -0.2) is 16.7 Å². The van der Waals surface area contributed by atoms with E-state index >= 15 is 0 Å². The van der Waals surface area contributed by atoms with Crippen molar-refractivity contribution in [2.75, 3.05) is 0 Å². The Bertz CT molecular complexity index is 384. The number of carbonyl (C=O) groups excluding carboxylic acids is 1. The van der Waals surface area contributed by atoms with Crippen molar-refractivity contribution < 1.29 is 9.72 Å². The van der Waals surface area contributed by atoms with Gasteiger partial charge in [-0.05, 0) is 13.0 Å².